The average Bonchev–Trinajstić information content (AvgIpc) is 2.70. The van der Waals surface area contributed by atoms with E-state index in [1.165, 1.54) is 50.9 Å². The van der Waals surface area contributed by atoms with Crippen molar-refractivity contribution in [1.82, 2.24) is 10.2 Å². The van der Waals surface area contributed by atoms with Gasteiger partial charge in [-0.15, -0.1) is 0 Å². The van der Waals surface area contributed by atoms with E-state index in [9.17, 15) is 0 Å². The molecule has 0 radical (unpaired) electrons. The van der Waals surface area contributed by atoms with Gasteiger partial charge < -0.3 is 10.2 Å². The first-order valence-electron chi connectivity index (χ1n) is 6.85. The van der Waals surface area contributed by atoms with Crippen molar-refractivity contribution in [1.29, 1.82) is 0 Å². The lowest BCUT2D eigenvalue weighted by Crippen LogP contribution is -2.47. The third kappa shape index (κ3) is 3.38. The molecule has 0 aromatic heterocycles. The van der Waals surface area contributed by atoms with Gasteiger partial charge in [-0.3, -0.25) is 0 Å². The highest BCUT2D eigenvalue weighted by atomic mass is 32.2. The number of piperidine rings is 1. The quantitative estimate of drug-likeness (QED) is 0.814. The summed E-state index contributed by atoms with van der Waals surface area (Å²) in [6.07, 6.45) is 6.96. The maximum atomic E-state index is 3.93. The summed E-state index contributed by atoms with van der Waals surface area (Å²) in [5.41, 5.74) is 0. The summed E-state index contributed by atoms with van der Waals surface area (Å²) in [7, 11) is 2.24. The van der Waals surface area contributed by atoms with E-state index in [4.69, 9.17) is 0 Å². The van der Waals surface area contributed by atoms with Crippen LogP contribution >= 0.6 is 11.8 Å². The van der Waals surface area contributed by atoms with Gasteiger partial charge in [0, 0.05) is 17.3 Å². The maximum absolute atomic E-state index is 3.93. The number of nitrogens with one attached hydrogen (secondary N) is 1. The molecule has 1 heterocycles. The van der Waals surface area contributed by atoms with Crippen molar-refractivity contribution in [2.24, 2.45) is 0 Å². The lowest BCUT2D eigenvalue weighted by Gasteiger charge is -2.33. The molecule has 1 saturated carbocycles. The van der Waals surface area contributed by atoms with Crippen LogP contribution in [0.3, 0.4) is 0 Å². The van der Waals surface area contributed by atoms with Gasteiger partial charge in [0.05, 0.1) is 0 Å². The molecule has 2 atom stereocenters. The Balaban J connectivity index is 1.75. The molecule has 0 amide bonds. The minimum absolute atomic E-state index is 0.791. The van der Waals surface area contributed by atoms with Crippen molar-refractivity contribution in [3.63, 3.8) is 0 Å². The number of rotatable bonds is 4. The van der Waals surface area contributed by atoms with Crippen LogP contribution in [0.2, 0.25) is 0 Å². The van der Waals surface area contributed by atoms with Crippen LogP contribution in [-0.2, 0) is 0 Å². The molecule has 2 aliphatic rings. The van der Waals surface area contributed by atoms with Crippen molar-refractivity contribution in [2.75, 3.05) is 25.9 Å². The zero-order valence-electron chi connectivity index (χ0n) is 10.7. The van der Waals surface area contributed by atoms with Crippen LogP contribution in [0.15, 0.2) is 0 Å². The fourth-order valence-corrected chi connectivity index (χ4v) is 4.22. The lowest BCUT2D eigenvalue weighted by molar-refractivity contribution is 0.225. The Morgan fingerprint density at radius 2 is 1.94 bits per heavy atom. The highest BCUT2D eigenvalue weighted by Crippen LogP contribution is 2.30. The Labute approximate surface area is 105 Å². The standard InChI is InChI=1S/C13H26N2S/c1-3-16-13-6-4-5-12(13)14-11-7-9-15(2)10-8-11/h11-14H,3-10H2,1-2H3. The number of hydrogen-bond acceptors (Lipinski definition) is 3. The molecular weight excluding hydrogens is 216 g/mol. The summed E-state index contributed by atoms with van der Waals surface area (Å²) >= 11 is 2.16. The highest BCUT2D eigenvalue weighted by Gasteiger charge is 2.29. The number of likely N-dealkylation sites (tertiary alicyclic amines) is 1. The normalized spacial score (nSPS) is 33.4. The molecule has 0 aromatic rings. The third-order valence-electron chi connectivity index (χ3n) is 4.00. The van der Waals surface area contributed by atoms with Crippen LogP contribution in [0.5, 0.6) is 0 Å². The first kappa shape index (κ1) is 12.7. The fourth-order valence-electron chi connectivity index (χ4n) is 3.01. The van der Waals surface area contributed by atoms with E-state index in [1.54, 1.807) is 0 Å². The second-order valence-corrected chi connectivity index (χ2v) is 6.79. The zero-order chi connectivity index (χ0) is 11.4. The Hall–Kier alpha value is 0.270. The minimum atomic E-state index is 0.791. The topological polar surface area (TPSA) is 15.3 Å². The van der Waals surface area contributed by atoms with Crippen molar-refractivity contribution in [3.8, 4) is 0 Å². The van der Waals surface area contributed by atoms with Crippen molar-refractivity contribution in [2.45, 2.75) is 56.4 Å². The minimum Gasteiger partial charge on any atom is -0.310 e. The summed E-state index contributed by atoms with van der Waals surface area (Å²) in [5, 5.41) is 4.82. The predicted molar refractivity (Wildman–Crippen MR) is 73.2 cm³/mol. The monoisotopic (exact) mass is 242 g/mol. The van der Waals surface area contributed by atoms with E-state index in [0.717, 1.165) is 17.3 Å². The summed E-state index contributed by atoms with van der Waals surface area (Å²) < 4.78 is 0. The van der Waals surface area contributed by atoms with Crippen molar-refractivity contribution >= 4 is 11.8 Å². The van der Waals surface area contributed by atoms with Crippen LogP contribution in [0.1, 0.15) is 39.0 Å². The van der Waals surface area contributed by atoms with Gasteiger partial charge in [-0.25, -0.2) is 0 Å². The highest BCUT2D eigenvalue weighted by molar-refractivity contribution is 7.99. The predicted octanol–water partition coefficient (Wildman–Crippen LogP) is 2.34. The second kappa shape index (κ2) is 6.27. The van der Waals surface area contributed by atoms with Gasteiger partial charge in [0.2, 0.25) is 0 Å². The first-order chi connectivity index (χ1) is 7.79. The summed E-state index contributed by atoms with van der Waals surface area (Å²) in [6, 6.07) is 1.60. The Morgan fingerprint density at radius 3 is 2.62 bits per heavy atom. The van der Waals surface area contributed by atoms with Crippen LogP contribution in [0.4, 0.5) is 0 Å². The number of thioether (sulfide) groups is 1. The molecule has 1 aliphatic heterocycles. The average molecular weight is 242 g/mol. The molecule has 0 bridgehead atoms. The molecule has 16 heavy (non-hydrogen) atoms. The van der Waals surface area contributed by atoms with Crippen molar-refractivity contribution < 1.29 is 0 Å². The molecule has 3 heteroatoms. The maximum Gasteiger partial charge on any atom is 0.0201 e. The molecule has 1 saturated heterocycles. The van der Waals surface area contributed by atoms with Crippen molar-refractivity contribution in [3.05, 3.63) is 0 Å². The largest absolute Gasteiger partial charge is 0.310 e. The van der Waals surface area contributed by atoms with E-state index in [0.29, 0.717) is 0 Å². The second-order valence-electron chi connectivity index (χ2n) is 5.28. The summed E-state index contributed by atoms with van der Waals surface area (Å²) in [6.45, 7) is 4.83. The van der Waals surface area contributed by atoms with E-state index in [-0.39, 0.29) is 0 Å². The summed E-state index contributed by atoms with van der Waals surface area (Å²) in [4.78, 5) is 2.45. The Morgan fingerprint density at radius 1 is 1.19 bits per heavy atom. The Bertz CT molecular complexity index is 202. The van der Waals surface area contributed by atoms with E-state index in [2.05, 4.69) is 35.9 Å². The molecular formula is C13H26N2S. The molecule has 2 unspecified atom stereocenters. The van der Waals surface area contributed by atoms with Gasteiger partial charge in [0.25, 0.3) is 0 Å². The number of hydrogen-bond donors (Lipinski definition) is 1. The molecule has 0 aromatic carbocycles. The van der Waals surface area contributed by atoms with Gasteiger partial charge in [0.1, 0.15) is 0 Å². The van der Waals surface area contributed by atoms with Crippen LogP contribution in [0.25, 0.3) is 0 Å². The van der Waals surface area contributed by atoms with Gasteiger partial charge in [0.15, 0.2) is 0 Å². The molecule has 2 rings (SSSR count). The van der Waals surface area contributed by atoms with Gasteiger partial charge >= 0.3 is 0 Å². The zero-order valence-corrected chi connectivity index (χ0v) is 11.6. The van der Waals surface area contributed by atoms with Gasteiger partial charge in [-0.05, 0) is 51.6 Å². The number of nitrogens with zero attached hydrogens (tertiary/aromatic N) is 1. The first-order valence-corrected chi connectivity index (χ1v) is 7.90. The molecule has 1 N–H and O–H groups in total. The van der Waals surface area contributed by atoms with Crippen LogP contribution < -0.4 is 5.32 Å². The fraction of sp³-hybridized carbons (Fsp3) is 1.00. The molecule has 2 nitrogen and oxygen atoms in total. The molecule has 94 valence electrons. The van der Waals surface area contributed by atoms with Gasteiger partial charge in [-0.1, -0.05) is 13.3 Å². The molecule has 2 fully saturated rings. The third-order valence-corrected chi connectivity index (χ3v) is 5.33. The van der Waals surface area contributed by atoms with Gasteiger partial charge in [-0.2, -0.15) is 11.8 Å². The SMILES string of the molecule is CCSC1CCCC1NC1CCN(C)CC1. The van der Waals surface area contributed by atoms with E-state index in [1.807, 2.05) is 0 Å². The van der Waals surface area contributed by atoms with E-state index >= 15 is 0 Å². The lowest BCUT2D eigenvalue weighted by atomic mass is 10.0. The van der Waals surface area contributed by atoms with Crippen LogP contribution in [-0.4, -0.2) is 48.1 Å². The van der Waals surface area contributed by atoms with Crippen LogP contribution in [0, 0.1) is 0 Å². The molecule has 1 aliphatic carbocycles. The smallest absolute Gasteiger partial charge is 0.0201 e. The summed E-state index contributed by atoms with van der Waals surface area (Å²) in [5.74, 6) is 1.27. The van der Waals surface area contributed by atoms with E-state index < -0.39 is 0 Å². The Kier molecular flexibility index (Phi) is 4.98. The molecule has 0 spiro atoms.